The summed E-state index contributed by atoms with van der Waals surface area (Å²) in [5, 5.41) is 0. The Labute approximate surface area is 266 Å². The van der Waals surface area contributed by atoms with E-state index in [-0.39, 0.29) is 33.8 Å². The molecule has 48 heavy (non-hydrogen) atoms. The van der Waals surface area contributed by atoms with E-state index < -0.39 is 35.7 Å². The van der Waals surface area contributed by atoms with Gasteiger partial charge in [-0.15, -0.1) is 0 Å². The fourth-order valence-electron chi connectivity index (χ4n) is 4.73. The van der Waals surface area contributed by atoms with Crippen LogP contribution in [0.2, 0.25) is 0 Å². The van der Waals surface area contributed by atoms with E-state index in [1.54, 1.807) is 18.2 Å². The molecule has 6 aromatic heterocycles. The van der Waals surface area contributed by atoms with Gasteiger partial charge in [-0.3, -0.25) is 29.9 Å². The fourth-order valence-corrected chi connectivity index (χ4v) is 4.73. The molecule has 0 aliphatic carbocycles. The molecule has 0 aliphatic rings. The molecular weight excluding hydrogens is 636 g/mol. The Morgan fingerprint density at radius 1 is 0.312 bits per heavy atom. The van der Waals surface area contributed by atoms with Crippen LogP contribution in [0.15, 0.2) is 91.8 Å². The van der Waals surface area contributed by atoms with Crippen molar-refractivity contribution in [3.8, 4) is 67.5 Å². The predicted molar refractivity (Wildman–Crippen MR) is 159 cm³/mol. The van der Waals surface area contributed by atoms with Crippen molar-refractivity contribution < 1.29 is 26.3 Å². The standard InChI is InChI=1S/C33H15F6N9/c34-28-4-1-19(31(37)46-28)25-13-40-22(10-43-25)16-7-17(23-11-44-26(14-41-23)20-2-5-29(35)47-32(20)38)9-18(8-16)24-12-45-27(15-42-24)21-3-6-30(36)48-33(21)39/h1-15H. The number of benzene rings is 1. The lowest BCUT2D eigenvalue weighted by atomic mass is 10.00. The van der Waals surface area contributed by atoms with E-state index in [9.17, 15) is 26.3 Å². The van der Waals surface area contributed by atoms with Gasteiger partial charge in [-0.05, 0) is 54.6 Å². The number of hydrogen-bond acceptors (Lipinski definition) is 9. The smallest absolute Gasteiger partial charge is 0.225 e. The zero-order chi connectivity index (χ0) is 33.4. The van der Waals surface area contributed by atoms with Crippen LogP contribution in [0.5, 0.6) is 0 Å². The van der Waals surface area contributed by atoms with Crippen molar-refractivity contribution in [2.24, 2.45) is 0 Å². The number of hydrogen-bond donors (Lipinski definition) is 0. The van der Waals surface area contributed by atoms with Gasteiger partial charge in [0, 0.05) is 16.7 Å². The summed E-state index contributed by atoms with van der Waals surface area (Å²) in [5.41, 5.74) is 2.81. The summed E-state index contributed by atoms with van der Waals surface area (Å²) in [6.45, 7) is 0. The Balaban J connectivity index is 1.29. The number of rotatable bonds is 6. The maximum Gasteiger partial charge on any atom is 0.225 e. The van der Waals surface area contributed by atoms with Crippen molar-refractivity contribution in [1.29, 1.82) is 0 Å². The van der Waals surface area contributed by atoms with Crippen molar-refractivity contribution in [2.75, 3.05) is 0 Å². The van der Waals surface area contributed by atoms with E-state index in [0.717, 1.165) is 18.2 Å². The van der Waals surface area contributed by atoms with Gasteiger partial charge in [0.2, 0.25) is 35.7 Å². The molecule has 6 heterocycles. The Morgan fingerprint density at radius 2 is 0.562 bits per heavy atom. The van der Waals surface area contributed by atoms with Gasteiger partial charge >= 0.3 is 0 Å². The first-order valence-corrected chi connectivity index (χ1v) is 13.8. The first-order chi connectivity index (χ1) is 23.2. The highest BCUT2D eigenvalue weighted by Gasteiger charge is 2.16. The molecule has 0 saturated heterocycles. The monoisotopic (exact) mass is 651 g/mol. The van der Waals surface area contributed by atoms with Gasteiger partial charge < -0.3 is 0 Å². The number of nitrogens with zero attached hydrogens (tertiary/aromatic N) is 9. The molecule has 0 N–H and O–H groups in total. The van der Waals surface area contributed by atoms with Crippen molar-refractivity contribution in [2.45, 2.75) is 0 Å². The molecule has 7 aromatic rings. The Hall–Kier alpha value is -6.51. The van der Waals surface area contributed by atoms with Crippen LogP contribution in [0.3, 0.4) is 0 Å². The summed E-state index contributed by atoms with van der Waals surface area (Å²) in [7, 11) is 0. The maximum atomic E-state index is 14.3. The zero-order valence-electron chi connectivity index (χ0n) is 24.0. The molecule has 0 fully saturated rings. The van der Waals surface area contributed by atoms with Crippen molar-refractivity contribution in [3.63, 3.8) is 0 Å². The third-order valence-corrected chi connectivity index (χ3v) is 7.05. The van der Waals surface area contributed by atoms with Crippen LogP contribution in [-0.2, 0) is 0 Å². The van der Waals surface area contributed by atoms with E-state index >= 15 is 0 Å². The average Bonchev–Trinajstić information content (AvgIpc) is 3.08. The highest BCUT2D eigenvalue weighted by molar-refractivity contribution is 5.78. The van der Waals surface area contributed by atoms with E-state index in [1.165, 1.54) is 55.4 Å². The van der Waals surface area contributed by atoms with Crippen LogP contribution in [0.1, 0.15) is 0 Å². The minimum Gasteiger partial charge on any atom is -0.252 e. The molecule has 9 nitrogen and oxygen atoms in total. The van der Waals surface area contributed by atoms with Crippen LogP contribution < -0.4 is 0 Å². The minimum absolute atomic E-state index is 0.0452. The SMILES string of the molecule is Fc1ccc(-c2cnc(-c3cc(-c4cnc(-c5ccc(F)nc5F)cn4)cc(-c4cnc(-c5ccc(F)nc5F)cn4)c3)cn2)c(F)n1. The van der Waals surface area contributed by atoms with Crippen molar-refractivity contribution >= 4 is 0 Å². The zero-order valence-corrected chi connectivity index (χ0v) is 24.0. The first-order valence-electron chi connectivity index (χ1n) is 13.8. The fraction of sp³-hybridized carbons (Fsp3) is 0. The molecule has 0 bridgehead atoms. The van der Waals surface area contributed by atoms with Crippen LogP contribution >= 0.6 is 0 Å². The number of aromatic nitrogens is 9. The maximum absolute atomic E-state index is 14.3. The lowest BCUT2D eigenvalue weighted by Crippen LogP contribution is -1.98. The van der Waals surface area contributed by atoms with Crippen LogP contribution in [0.25, 0.3) is 67.5 Å². The number of halogens is 6. The van der Waals surface area contributed by atoms with Crippen LogP contribution in [0.4, 0.5) is 26.3 Å². The largest absolute Gasteiger partial charge is 0.252 e. The van der Waals surface area contributed by atoms with Gasteiger partial charge in [0.15, 0.2) is 0 Å². The second-order valence-corrected chi connectivity index (χ2v) is 10.1. The third-order valence-electron chi connectivity index (χ3n) is 7.05. The molecule has 0 saturated carbocycles. The molecule has 0 aliphatic heterocycles. The van der Waals surface area contributed by atoms with E-state index in [0.29, 0.717) is 33.8 Å². The summed E-state index contributed by atoms with van der Waals surface area (Å²) in [5.74, 6) is -6.06. The second kappa shape index (κ2) is 12.4. The Kier molecular flexibility index (Phi) is 7.76. The normalized spacial score (nSPS) is 11.1. The van der Waals surface area contributed by atoms with Crippen LogP contribution in [-0.4, -0.2) is 44.9 Å². The third kappa shape index (κ3) is 6.03. The molecule has 0 atom stereocenters. The molecule has 0 radical (unpaired) electrons. The van der Waals surface area contributed by atoms with E-state index in [1.807, 2.05) is 0 Å². The predicted octanol–water partition coefficient (Wildman–Crippen LogP) is 7.08. The molecule has 0 spiro atoms. The average molecular weight is 652 g/mol. The van der Waals surface area contributed by atoms with Gasteiger partial charge in [0.25, 0.3) is 0 Å². The van der Waals surface area contributed by atoms with Gasteiger partial charge in [0.05, 0.1) is 88.0 Å². The minimum atomic E-state index is -1.04. The Bertz CT molecular complexity index is 2030. The van der Waals surface area contributed by atoms with Crippen molar-refractivity contribution in [1.82, 2.24) is 44.9 Å². The Morgan fingerprint density at radius 3 is 0.792 bits per heavy atom. The van der Waals surface area contributed by atoms with Gasteiger partial charge in [-0.2, -0.15) is 41.3 Å². The molecular formula is C33H15F6N9. The molecule has 15 heteroatoms. The summed E-state index contributed by atoms with van der Waals surface area (Å²) in [6.07, 6.45) is 8.08. The van der Waals surface area contributed by atoms with Gasteiger partial charge in [-0.1, -0.05) is 0 Å². The van der Waals surface area contributed by atoms with E-state index in [4.69, 9.17) is 0 Å². The van der Waals surface area contributed by atoms with Crippen molar-refractivity contribution in [3.05, 3.63) is 127 Å². The summed E-state index contributed by atoms with van der Waals surface area (Å²) in [6, 6.07) is 11.8. The highest BCUT2D eigenvalue weighted by Crippen LogP contribution is 2.32. The lowest BCUT2D eigenvalue weighted by molar-refractivity contribution is 0.514. The highest BCUT2D eigenvalue weighted by atomic mass is 19.2. The van der Waals surface area contributed by atoms with E-state index in [2.05, 4.69) is 44.9 Å². The summed E-state index contributed by atoms with van der Waals surface area (Å²) < 4.78 is 82.7. The molecule has 7 rings (SSSR count). The first kappa shape index (κ1) is 30.2. The quantitative estimate of drug-likeness (QED) is 0.137. The van der Waals surface area contributed by atoms with Crippen LogP contribution in [0, 0.1) is 35.7 Å². The molecule has 1 aromatic carbocycles. The summed E-state index contributed by atoms with van der Waals surface area (Å²) >= 11 is 0. The lowest BCUT2D eigenvalue weighted by Gasteiger charge is -2.11. The topological polar surface area (TPSA) is 116 Å². The number of pyridine rings is 3. The second-order valence-electron chi connectivity index (χ2n) is 10.1. The van der Waals surface area contributed by atoms with Gasteiger partial charge in [-0.25, -0.2) is 0 Å². The molecule has 234 valence electrons. The molecule has 0 amide bonds. The van der Waals surface area contributed by atoms with Gasteiger partial charge in [0.1, 0.15) is 0 Å². The molecule has 0 unspecified atom stereocenters. The summed E-state index contributed by atoms with van der Waals surface area (Å²) in [4.78, 5) is 35.6.